The molecule has 0 aliphatic rings. The van der Waals surface area contributed by atoms with Crippen LogP contribution in [0.5, 0.6) is 0 Å². The summed E-state index contributed by atoms with van der Waals surface area (Å²) in [6, 6.07) is 0. The van der Waals surface area contributed by atoms with Crippen molar-refractivity contribution < 1.29 is 14.0 Å². The van der Waals surface area contributed by atoms with Gasteiger partial charge in [0.1, 0.15) is 13.2 Å². The van der Waals surface area contributed by atoms with E-state index >= 15 is 0 Å². The summed E-state index contributed by atoms with van der Waals surface area (Å²) in [7, 11) is 6.18. The first kappa shape index (κ1) is 11.2. The van der Waals surface area contributed by atoms with Crippen LogP contribution in [0.2, 0.25) is 0 Å². The SMILES string of the molecule is C/C=C/C(=O)OCC[N+](C)(C)C. The Labute approximate surface area is 74.2 Å². The van der Waals surface area contributed by atoms with Crippen LogP contribution < -0.4 is 0 Å². The predicted molar refractivity (Wildman–Crippen MR) is 48.7 cm³/mol. The molecule has 0 aliphatic carbocycles. The molecule has 0 aliphatic heterocycles. The molecule has 0 rings (SSSR count). The van der Waals surface area contributed by atoms with E-state index in [4.69, 9.17) is 4.74 Å². The van der Waals surface area contributed by atoms with E-state index < -0.39 is 0 Å². The minimum atomic E-state index is -0.258. The van der Waals surface area contributed by atoms with Gasteiger partial charge in [0, 0.05) is 6.08 Å². The van der Waals surface area contributed by atoms with Crippen LogP contribution in [0.15, 0.2) is 12.2 Å². The van der Waals surface area contributed by atoms with Crippen LogP contribution >= 0.6 is 0 Å². The van der Waals surface area contributed by atoms with E-state index in [-0.39, 0.29) is 5.97 Å². The topological polar surface area (TPSA) is 26.3 Å². The Balaban J connectivity index is 3.51. The van der Waals surface area contributed by atoms with Gasteiger partial charge in [-0.15, -0.1) is 0 Å². The van der Waals surface area contributed by atoms with Gasteiger partial charge in [-0.25, -0.2) is 4.79 Å². The molecular weight excluding hydrogens is 154 g/mol. The highest BCUT2D eigenvalue weighted by atomic mass is 16.5. The number of rotatable bonds is 4. The smallest absolute Gasteiger partial charge is 0.330 e. The van der Waals surface area contributed by atoms with Crippen molar-refractivity contribution in [2.75, 3.05) is 34.3 Å². The summed E-state index contributed by atoms with van der Waals surface area (Å²) in [5.74, 6) is -0.258. The third-order valence-electron chi connectivity index (χ3n) is 1.31. The fraction of sp³-hybridized carbons (Fsp3) is 0.667. The lowest BCUT2D eigenvalue weighted by Crippen LogP contribution is -2.37. The van der Waals surface area contributed by atoms with Crippen LogP contribution in [0, 0.1) is 0 Å². The molecule has 3 heteroatoms. The standard InChI is InChI=1S/C9H18NO2/c1-5-6-9(11)12-8-7-10(2,3)4/h5-6H,7-8H2,1-4H3/q+1/b6-5+. The van der Waals surface area contributed by atoms with E-state index in [1.54, 1.807) is 13.0 Å². The highest BCUT2D eigenvalue weighted by molar-refractivity contribution is 5.81. The molecule has 0 aromatic rings. The van der Waals surface area contributed by atoms with Gasteiger partial charge in [-0.05, 0) is 6.92 Å². The van der Waals surface area contributed by atoms with Gasteiger partial charge in [0.25, 0.3) is 0 Å². The van der Waals surface area contributed by atoms with Crippen molar-refractivity contribution in [3.05, 3.63) is 12.2 Å². The quantitative estimate of drug-likeness (QED) is 0.356. The lowest BCUT2D eigenvalue weighted by molar-refractivity contribution is -0.870. The molecular formula is C9H18NO2+. The molecule has 0 unspecified atom stereocenters. The van der Waals surface area contributed by atoms with Crippen molar-refractivity contribution in [3.8, 4) is 0 Å². The molecule has 0 spiro atoms. The van der Waals surface area contributed by atoms with Crippen molar-refractivity contribution in [1.29, 1.82) is 0 Å². The Bertz CT molecular complexity index is 168. The van der Waals surface area contributed by atoms with E-state index in [9.17, 15) is 4.79 Å². The van der Waals surface area contributed by atoms with Crippen molar-refractivity contribution >= 4 is 5.97 Å². The van der Waals surface area contributed by atoms with Gasteiger partial charge in [0.15, 0.2) is 0 Å². The molecule has 70 valence electrons. The van der Waals surface area contributed by atoms with Crippen LogP contribution in [0.25, 0.3) is 0 Å². The number of quaternary nitrogens is 1. The molecule has 0 amide bonds. The second kappa shape index (κ2) is 4.93. The highest BCUT2D eigenvalue weighted by Crippen LogP contribution is 1.90. The Morgan fingerprint density at radius 2 is 2.00 bits per heavy atom. The molecule has 12 heavy (non-hydrogen) atoms. The Morgan fingerprint density at radius 3 is 2.42 bits per heavy atom. The first-order chi connectivity index (χ1) is 5.45. The van der Waals surface area contributed by atoms with Gasteiger partial charge < -0.3 is 9.22 Å². The maximum atomic E-state index is 10.8. The molecule has 0 N–H and O–H groups in total. The van der Waals surface area contributed by atoms with Crippen LogP contribution in [-0.4, -0.2) is 44.7 Å². The number of ether oxygens (including phenoxy) is 1. The lowest BCUT2D eigenvalue weighted by Gasteiger charge is -2.23. The molecule has 0 fully saturated rings. The molecule has 0 aromatic carbocycles. The molecule has 0 bridgehead atoms. The molecule has 0 atom stereocenters. The van der Waals surface area contributed by atoms with Crippen LogP contribution in [-0.2, 0) is 9.53 Å². The summed E-state index contributed by atoms with van der Waals surface area (Å²) in [4.78, 5) is 10.8. The zero-order chi connectivity index (χ0) is 9.61. The normalized spacial score (nSPS) is 12.0. The van der Waals surface area contributed by atoms with E-state index in [2.05, 4.69) is 21.1 Å². The molecule has 3 nitrogen and oxygen atoms in total. The number of carbonyl (C=O) groups excluding carboxylic acids is 1. The average molecular weight is 172 g/mol. The fourth-order valence-electron chi connectivity index (χ4n) is 0.604. The number of hydrogen-bond donors (Lipinski definition) is 0. The predicted octanol–water partition coefficient (Wildman–Crippen LogP) is 0.812. The summed E-state index contributed by atoms with van der Waals surface area (Å²) < 4.78 is 5.73. The summed E-state index contributed by atoms with van der Waals surface area (Å²) in [6.07, 6.45) is 3.10. The number of carbonyl (C=O) groups is 1. The molecule has 0 saturated heterocycles. The lowest BCUT2D eigenvalue weighted by atomic mass is 10.5. The number of hydrogen-bond acceptors (Lipinski definition) is 2. The van der Waals surface area contributed by atoms with Crippen molar-refractivity contribution in [1.82, 2.24) is 0 Å². The number of esters is 1. The van der Waals surface area contributed by atoms with Crippen molar-refractivity contribution in [3.63, 3.8) is 0 Å². The molecule has 0 saturated carbocycles. The summed E-state index contributed by atoms with van der Waals surface area (Å²) in [6.45, 7) is 3.11. The van der Waals surface area contributed by atoms with E-state index in [1.807, 2.05) is 0 Å². The monoisotopic (exact) mass is 172 g/mol. The van der Waals surface area contributed by atoms with Gasteiger partial charge in [0.05, 0.1) is 21.1 Å². The van der Waals surface area contributed by atoms with Gasteiger partial charge in [-0.2, -0.15) is 0 Å². The second-order valence-electron chi connectivity index (χ2n) is 3.68. The summed E-state index contributed by atoms with van der Waals surface area (Å²) in [5, 5.41) is 0. The largest absolute Gasteiger partial charge is 0.457 e. The molecule has 0 heterocycles. The van der Waals surface area contributed by atoms with Crippen LogP contribution in [0.1, 0.15) is 6.92 Å². The van der Waals surface area contributed by atoms with Gasteiger partial charge in [-0.3, -0.25) is 0 Å². The third-order valence-corrected chi connectivity index (χ3v) is 1.31. The van der Waals surface area contributed by atoms with E-state index in [1.165, 1.54) is 6.08 Å². The van der Waals surface area contributed by atoms with Gasteiger partial charge in [0.2, 0.25) is 0 Å². The number of nitrogens with zero attached hydrogens (tertiary/aromatic N) is 1. The third kappa shape index (κ3) is 7.28. The Kier molecular flexibility index (Phi) is 4.59. The van der Waals surface area contributed by atoms with Crippen molar-refractivity contribution in [2.45, 2.75) is 6.92 Å². The van der Waals surface area contributed by atoms with Crippen LogP contribution in [0.3, 0.4) is 0 Å². The Hall–Kier alpha value is -0.830. The Morgan fingerprint density at radius 1 is 1.42 bits per heavy atom. The zero-order valence-electron chi connectivity index (χ0n) is 8.33. The van der Waals surface area contributed by atoms with Crippen molar-refractivity contribution in [2.24, 2.45) is 0 Å². The fourth-order valence-corrected chi connectivity index (χ4v) is 0.604. The van der Waals surface area contributed by atoms with E-state index in [0.717, 1.165) is 11.0 Å². The summed E-state index contributed by atoms with van der Waals surface area (Å²) in [5.41, 5.74) is 0. The second-order valence-corrected chi connectivity index (χ2v) is 3.68. The summed E-state index contributed by atoms with van der Waals surface area (Å²) >= 11 is 0. The minimum absolute atomic E-state index is 0.258. The first-order valence-corrected chi connectivity index (χ1v) is 4.05. The molecule has 0 aromatic heterocycles. The zero-order valence-corrected chi connectivity index (χ0v) is 8.33. The number of likely N-dealkylation sites (N-methyl/N-ethyl adjacent to an activating group) is 1. The highest BCUT2D eigenvalue weighted by Gasteiger charge is 2.07. The van der Waals surface area contributed by atoms with Gasteiger partial charge >= 0.3 is 5.97 Å². The minimum Gasteiger partial charge on any atom is -0.457 e. The van der Waals surface area contributed by atoms with Gasteiger partial charge in [-0.1, -0.05) is 6.08 Å². The average Bonchev–Trinajstić information content (AvgIpc) is 1.84. The van der Waals surface area contributed by atoms with E-state index in [0.29, 0.717) is 6.61 Å². The molecule has 0 radical (unpaired) electrons. The maximum Gasteiger partial charge on any atom is 0.330 e. The first-order valence-electron chi connectivity index (χ1n) is 4.05. The number of allylic oxidation sites excluding steroid dienone is 1. The van der Waals surface area contributed by atoms with Crippen LogP contribution in [0.4, 0.5) is 0 Å². The maximum absolute atomic E-state index is 10.8.